The van der Waals surface area contributed by atoms with Crippen LogP contribution in [-0.4, -0.2) is 32.8 Å². The fourth-order valence-corrected chi connectivity index (χ4v) is 3.89. The maximum absolute atomic E-state index is 13.7. The molecule has 7 heteroatoms. The molecule has 1 aliphatic heterocycles. The van der Waals surface area contributed by atoms with Crippen molar-refractivity contribution >= 4 is 17.9 Å². The molecule has 1 fully saturated rings. The molecule has 0 radical (unpaired) electrons. The quantitative estimate of drug-likeness (QED) is 0.452. The van der Waals surface area contributed by atoms with Gasteiger partial charge in [0.1, 0.15) is 17.7 Å². The van der Waals surface area contributed by atoms with E-state index >= 15 is 0 Å². The fraction of sp³-hybridized carbons (Fsp3) is 0.280. The van der Waals surface area contributed by atoms with Gasteiger partial charge in [-0.3, -0.25) is 4.79 Å². The number of halogens is 1. The van der Waals surface area contributed by atoms with Gasteiger partial charge in [0.25, 0.3) is 0 Å². The third-order valence-corrected chi connectivity index (χ3v) is 5.37. The first-order chi connectivity index (χ1) is 15.3. The highest BCUT2D eigenvalue weighted by Gasteiger charge is 2.26. The van der Waals surface area contributed by atoms with Gasteiger partial charge in [0.15, 0.2) is 0 Å². The number of carbonyl (C=O) groups is 1. The van der Waals surface area contributed by atoms with Gasteiger partial charge < -0.3 is 20.1 Å². The number of nitrogen functional groups attached to an aromatic ring is 1. The van der Waals surface area contributed by atoms with Gasteiger partial charge >= 0.3 is 5.97 Å². The number of nitrogens with zero attached hydrogens (tertiary/aromatic N) is 2. The average molecular weight is 435 g/mol. The third-order valence-electron chi connectivity index (χ3n) is 5.37. The minimum absolute atomic E-state index is 0.00701. The number of carbonyl (C=O) groups excluding carboxylic acids is 1. The first-order valence-corrected chi connectivity index (χ1v) is 10.6. The Balaban J connectivity index is 1.88. The number of nitrogens with two attached hydrogens (primary N) is 1. The molecule has 0 aliphatic carbocycles. The molecule has 0 bridgehead atoms. The molecular formula is C25H26FN3O3. The molecule has 1 aromatic heterocycles. The van der Waals surface area contributed by atoms with Crippen LogP contribution in [0.15, 0.2) is 54.6 Å². The summed E-state index contributed by atoms with van der Waals surface area (Å²) >= 11 is 0. The van der Waals surface area contributed by atoms with Crippen LogP contribution in [0, 0.1) is 5.82 Å². The predicted molar refractivity (Wildman–Crippen MR) is 122 cm³/mol. The van der Waals surface area contributed by atoms with E-state index in [1.54, 1.807) is 18.2 Å². The Morgan fingerprint density at radius 3 is 2.62 bits per heavy atom. The Kier molecular flexibility index (Phi) is 6.10. The second-order valence-corrected chi connectivity index (χ2v) is 8.29. The van der Waals surface area contributed by atoms with Crippen LogP contribution >= 0.6 is 0 Å². The largest absolute Gasteiger partial charge is 0.458 e. The monoisotopic (exact) mass is 435 g/mol. The molecule has 4 rings (SSSR count). The van der Waals surface area contributed by atoms with Crippen LogP contribution in [0.5, 0.6) is 0 Å². The number of aliphatic hydroxyl groups excluding tert-OH is 1. The molecule has 0 amide bonds. The molecule has 3 aromatic rings. The highest BCUT2D eigenvalue weighted by Crippen LogP contribution is 2.36. The van der Waals surface area contributed by atoms with E-state index in [1.165, 1.54) is 12.1 Å². The van der Waals surface area contributed by atoms with Gasteiger partial charge in [-0.1, -0.05) is 26.0 Å². The van der Waals surface area contributed by atoms with Crippen molar-refractivity contribution in [3.05, 3.63) is 66.2 Å². The molecule has 166 valence electrons. The van der Waals surface area contributed by atoms with E-state index in [-0.39, 0.29) is 18.2 Å². The molecular weight excluding hydrogens is 409 g/mol. The van der Waals surface area contributed by atoms with Crippen LogP contribution in [0.3, 0.4) is 0 Å². The minimum atomic E-state index is -0.724. The summed E-state index contributed by atoms with van der Waals surface area (Å²) in [6, 6.07) is 13.7. The Hall–Kier alpha value is -3.45. The number of benzene rings is 2. The van der Waals surface area contributed by atoms with Crippen LogP contribution in [0.25, 0.3) is 28.7 Å². The highest BCUT2D eigenvalue weighted by molar-refractivity contribution is 5.82. The van der Waals surface area contributed by atoms with Gasteiger partial charge in [-0.05, 0) is 42.5 Å². The van der Waals surface area contributed by atoms with Gasteiger partial charge in [-0.15, -0.1) is 0 Å². The zero-order valence-corrected chi connectivity index (χ0v) is 18.0. The lowest BCUT2D eigenvalue weighted by molar-refractivity contribution is -0.156. The molecule has 0 spiro atoms. The lowest BCUT2D eigenvalue weighted by Crippen LogP contribution is -2.31. The van der Waals surface area contributed by atoms with Gasteiger partial charge in [-0.2, -0.15) is 0 Å². The van der Waals surface area contributed by atoms with E-state index < -0.39 is 18.2 Å². The van der Waals surface area contributed by atoms with Crippen molar-refractivity contribution in [1.82, 2.24) is 9.55 Å². The van der Waals surface area contributed by atoms with Crippen LogP contribution in [0.2, 0.25) is 0 Å². The van der Waals surface area contributed by atoms with E-state index in [9.17, 15) is 14.3 Å². The number of hydrogen-bond acceptors (Lipinski definition) is 5. The summed E-state index contributed by atoms with van der Waals surface area (Å²) in [6.45, 7) is 4.07. The number of imidazole rings is 1. The molecule has 0 unspecified atom stereocenters. The second kappa shape index (κ2) is 8.96. The lowest BCUT2D eigenvalue weighted by Gasteiger charge is -2.23. The summed E-state index contributed by atoms with van der Waals surface area (Å²) < 4.78 is 20.9. The van der Waals surface area contributed by atoms with Crippen molar-refractivity contribution in [2.45, 2.75) is 44.8 Å². The summed E-state index contributed by atoms with van der Waals surface area (Å²) in [6.07, 6.45) is 2.65. The molecule has 2 heterocycles. The van der Waals surface area contributed by atoms with Crippen LogP contribution in [0.4, 0.5) is 10.1 Å². The molecule has 1 saturated heterocycles. The zero-order chi connectivity index (χ0) is 22.8. The third kappa shape index (κ3) is 4.57. The zero-order valence-electron chi connectivity index (χ0n) is 18.0. The maximum Gasteiger partial charge on any atom is 0.309 e. The minimum Gasteiger partial charge on any atom is -0.458 e. The van der Waals surface area contributed by atoms with Gasteiger partial charge in [0.2, 0.25) is 0 Å². The van der Waals surface area contributed by atoms with Gasteiger partial charge in [0.05, 0.1) is 23.9 Å². The number of anilines is 1. The van der Waals surface area contributed by atoms with Crippen molar-refractivity contribution in [1.29, 1.82) is 0 Å². The summed E-state index contributed by atoms with van der Waals surface area (Å²) in [5.74, 6) is 0.120. The van der Waals surface area contributed by atoms with Crippen molar-refractivity contribution in [3.63, 3.8) is 0 Å². The molecule has 6 nitrogen and oxygen atoms in total. The lowest BCUT2D eigenvalue weighted by atomic mass is 10.0. The Labute approximate surface area is 186 Å². The normalized spacial score (nSPS) is 19.0. The van der Waals surface area contributed by atoms with E-state index in [0.29, 0.717) is 12.1 Å². The van der Waals surface area contributed by atoms with Crippen LogP contribution in [0.1, 0.15) is 38.4 Å². The summed E-state index contributed by atoms with van der Waals surface area (Å²) in [5, 5.41) is 9.93. The van der Waals surface area contributed by atoms with E-state index in [0.717, 1.165) is 28.3 Å². The number of aliphatic hydroxyl groups is 1. The average Bonchev–Trinajstić information content (AvgIpc) is 3.12. The molecule has 32 heavy (non-hydrogen) atoms. The number of aromatic nitrogens is 2. The summed E-state index contributed by atoms with van der Waals surface area (Å²) in [4.78, 5) is 16.6. The van der Waals surface area contributed by atoms with Crippen molar-refractivity contribution in [3.8, 4) is 22.5 Å². The highest BCUT2D eigenvalue weighted by atomic mass is 19.1. The number of hydrogen-bond donors (Lipinski definition) is 2. The molecule has 2 aromatic carbocycles. The summed E-state index contributed by atoms with van der Waals surface area (Å²) in [5.41, 5.74) is 9.77. The fourth-order valence-electron chi connectivity index (χ4n) is 3.89. The molecule has 0 saturated carbocycles. The van der Waals surface area contributed by atoms with E-state index in [2.05, 4.69) is 0 Å². The first-order valence-electron chi connectivity index (χ1n) is 10.6. The Morgan fingerprint density at radius 1 is 1.22 bits per heavy atom. The number of rotatable bonds is 5. The Morgan fingerprint density at radius 2 is 1.97 bits per heavy atom. The summed E-state index contributed by atoms with van der Waals surface area (Å²) in [7, 11) is 0. The van der Waals surface area contributed by atoms with Crippen molar-refractivity contribution in [2.24, 2.45) is 0 Å². The topological polar surface area (TPSA) is 90.4 Å². The smallest absolute Gasteiger partial charge is 0.309 e. The standard InChI is InChI=1S/C25H26FN3O3/c1-15(2)25-28-23(17-4-3-5-19(27)12-17)24(16-6-8-18(26)9-7-16)29(25)11-10-21-13-20(30)14-22(31)32-21/h3-12,15,20-21,30H,13-14,27H2,1-2H3/b11-10+/t20-,21-/m1/s1. The number of ether oxygens (including phenoxy) is 1. The number of esters is 1. The molecule has 2 atom stereocenters. The van der Waals surface area contributed by atoms with Gasteiger partial charge in [0, 0.05) is 35.4 Å². The van der Waals surface area contributed by atoms with Crippen molar-refractivity contribution in [2.75, 3.05) is 5.73 Å². The molecule has 1 aliphatic rings. The van der Waals surface area contributed by atoms with E-state index in [4.69, 9.17) is 15.5 Å². The Bertz CT molecular complexity index is 1150. The van der Waals surface area contributed by atoms with Gasteiger partial charge in [-0.25, -0.2) is 9.37 Å². The number of cyclic esters (lactones) is 1. The second-order valence-electron chi connectivity index (χ2n) is 8.29. The van der Waals surface area contributed by atoms with Crippen LogP contribution < -0.4 is 5.73 Å². The predicted octanol–water partition coefficient (Wildman–Crippen LogP) is 4.60. The SMILES string of the molecule is CC(C)c1nc(-c2cccc(N)c2)c(-c2ccc(F)cc2)n1/C=C/[C@@H]1C[C@@H](O)CC(=O)O1. The van der Waals surface area contributed by atoms with Crippen molar-refractivity contribution < 1.29 is 19.0 Å². The first kappa shape index (κ1) is 21.8. The van der Waals surface area contributed by atoms with E-state index in [1.807, 2.05) is 48.9 Å². The maximum atomic E-state index is 13.7. The van der Waals surface area contributed by atoms with Crippen LogP contribution in [-0.2, 0) is 9.53 Å². The molecule has 3 N–H and O–H groups in total.